The zero-order chi connectivity index (χ0) is 11.0. The van der Waals surface area contributed by atoms with Crippen LogP contribution in [0.25, 0.3) is 11.4 Å². The van der Waals surface area contributed by atoms with E-state index in [1.54, 1.807) is 0 Å². The van der Waals surface area contributed by atoms with Gasteiger partial charge in [-0.15, -0.1) is 0 Å². The number of hydrogen-bond donors (Lipinski definition) is 1. The highest BCUT2D eigenvalue weighted by Gasteiger charge is 2.14. The molecule has 0 aliphatic carbocycles. The number of nitrogens with zero attached hydrogens (tertiary/aromatic N) is 3. The van der Waals surface area contributed by atoms with Gasteiger partial charge in [0.15, 0.2) is 5.82 Å². The van der Waals surface area contributed by atoms with E-state index in [4.69, 9.17) is 5.73 Å². The molecular formula is C12H14N4. The molecule has 0 fully saturated rings. The lowest BCUT2D eigenvalue weighted by atomic mass is 10.2. The van der Waals surface area contributed by atoms with E-state index in [1.807, 2.05) is 28.9 Å². The van der Waals surface area contributed by atoms with E-state index in [2.05, 4.69) is 10.1 Å². The second-order valence-electron chi connectivity index (χ2n) is 4.16. The molecular weight excluding hydrogens is 200 g/mol. The first kappa shape index (κ1) is 9.39. The number of fused-ring (bicyclic) bond motifs is 1. The van der Waals surface area contributed by atoms with Gasteiger partial charge in [0.25, 0.3) is 0 Å². The molecule has 0 unspecified atom stereocenters. The predicted molar refractivity (Wildman–Crippen MR) is 62.8 cm³/mol. The minimum atomic E-state index is 0.755. The molecule has 0 spiro atoms. The highest BCUT2D eigenvalue weighted by atomic mass is 15.3. The van der Waals surface area contributed by atoms with Crippen molar-refractivity contribution in [3.05, 3.63) is 30.1 Å². The van der Waals surface area contributed by atoms with E-state index in [-0.39, 0.29) is 0 Å². The Bertz CT molecular complexity index is 492. The maximum atomic E-state index is 5.76. The van der Waals surface area contributed by atoms with Gasteiger partial charge >= 0.3 is 0 Å². The summed E-state index contributed by atoms with van der Waals surface area (Å²) in [4.78, 5) is 4.56. The maximum absolute atomic E-state index is 5.76. The van der Waals surface area contributed by atoms with Gasteiger partial charge in [0, 0.05) is 24.2 Å². The highest BCUT2D eigenvalue weighted by Crippen LogP contribution is 2.20. The summed E-state index contributed by atoms with van der Waals surface area (Å²) in [7, 11) is 0. The number of aromatic nitrogens is 3. The fourth-order valence-corrected chi connectivity index (χ4v) is 2.08. The van der Waals surface area contributed by atoms with Crippen LogP contribution < -0.4 is 5.73 Å². The van der Waals surface area contributed by atoms with E-state index in [0.29, 0.717) is 0 Å². The lowest BCUT2D eigenvalue weighted by Gasteiger charge is -2.09. The molecule has 2 heterocycles. The fourth-order valence-electron chi connectivity index (χ4n) is 2.08. The van der Waals surface area contributed by atoms with Crippen LogP contribution in [0.1, 0.15) is 18.7 Å². The Hall–Kier alpha value is -1.84. The van der Waals surface area contributed by atoms with Crippen molar-refractivity contribution < 1.29 is 0 Å². The third kappa shape index (κ3) is 1.56. The van der Waals surface area contributed by atoms with E-state index in [0.717, 1.165) is 35.9 Å². The third-order valence-electron chi connectivity index (χ3n) is 2.91. The quantitative estimate of drug-likeness (QED) is 0.737. The molecule has 0 bridgehead atoms. The summed E-state index contributed by atoms with van der Waals surface area (Å²) in [6.45, 7) is 0.991. The molecule has 4 nitrogen and oxygen atoms in total. The Balaban J connectivity index is 2.03. The standard InChI is InChI=1S/C12H14N4/c13-10-5-3-4-9(8-10)12-14-11-6-1-2-7-16(11)15-12/h3-5,8H,1-2,6-7,13H2. The van der Waals surface area contributed by atoms with Gasteiger partial charge in [0.1, 0.15) is 5.82 Å². The molecule has 0 saturated carbocycles. The molecule has 82 valence electrons. The maximum Gasteiger partial charge on any atom is 0.181 e. The summed E-state index contributed by atoms with van der Waals surface area (Å²) >= 11 is 0. The second-order valence-corrected chi connectivity index (χ2v) is 4.16. The van der Waals surface area contributed by atoms with Crippen molar-refractivity contribution in [2.24, 2.45) is 0 Å². The zero-order valence-electron chi connectivity index (χ0n) is 9.06. The second kappa shape index (κ2) is 3.63. The minimum Gasteiger partial charge on any atom is -0.399 e. The summed E-state index contributed by atoms with van der Waals surface area (Å²) in [6.07, 6.45) is 3.46. The lowest BCUT2D eigenvalue weighted by Crippen LogP contribution is -2.11. The van der Waals surface area contributed by atoms with Crippen LogP contribution in [0.4, 0.5) is 5.69 Å². The van der Waals surface area contributed by atoms with Gasteiger partial charge in [0.2, 0.25) is 0 Å². The Morgan fingerprint density at radius 1 is 1.25 bits per heavy atom. The van der Waals surface area contributed by atoms with Crippen molar-refractivity contribution in [3.8, 4) is 11.4 Å². The molecule has 4 heteroatoms. The Kier molecular flexibility index (Phi) is 2.13. The first-order chi connectivity index (χ1) is 7.83. The van der Waals surface area contributed by atoms with Crippen molar-refractivity contribution in [1.82, 2.24) is 14.8 Å². The Labute approximate surface area is 94.1 Å². The predicted octanol–water partition coefficient (Wildman–Crippen LogP) is 1.86. The molecule has 2 N–H and O–H groups in total. The molecule has 1 aromatic carbocycles. The number of nitrogens with two attached hydrogens (primary N) is 1. The largest absolute Gasteiger partial charge is 0.399 e. The van der Waals surface area contributed by atoms with Crippen molar-refractivity contribution in [3.63, 3.8) is 0 Å². The van der Waals surface area contributed by atoms with Gasteiger partial charge in [-0.05, 0) is 25.0 Å². The number of benzene rings is 1. The van der Waals surface area contributed by atoms with Crippen LogP contribution in [0.2, 0.25) is 0 Å². The molecule has 1 aromatic heterocycles. The van der Waals surface area contributed by atoms with Gasteiger partial charge in [-0.1, -0.05) is 12.1 Å². The SMILES string of the molecule is Nc1cccc(-c2nc3n(n2)CCCC3)c1. The van der Waals surface area contributed by atoms with Crippen LogP contribution in [0, 0.1) is 0 Å². The van der Waals surface area contributed by atoms with Gasteiger partial charge < -0.3 is 5.73 Å². The van der Waals surface area contributed by atoms with Crippen LogP contribution >= 0.6 is 0 Å². The molecule has 0 atom stereocenters. The van der Waals surface area contributed by atoms with E-state index in [1.165, 1.54) is 12.8 Å². The first-order valence-electron chi connectivity index (χ1n) is 5.62. The Morgan fingerprint density at radius 3 is 3.00 bits per heavy atom. The first-order valence-corrected chi connectivity index (χ1v) is 5.62. The van der Waals surface area contributed by atoms with E-state index in [9.17, 15) is 0 Å². The van der Waals surface area contributed by atoms with Crippen molar-refractivity contribution >= 4 is 5.69 Å². The van der Waals surface area contributed by atoms with Crippen LogP contribution in [-0.2, 0) is 13.0 Å². The van der Waals surface area contributed by atoms with E-state index >= 15 is 0 Å². The van der Waals surface area contributed by atoms with Gasteiger partial charge in [-0.25, -0.2) is 9.67 Å². The van der Waals surface area contributed by atoms with Crippen LogP contribution in [0.3, 0.4) is 0 Å². The van der Waals surface area contributed by atoms with Gasteiger partial charge in [0.05, 0.1) is 0 Å². The molecule has 0 radical (unpaired) electrons. The van der Waals surface area contributed by atoms with Crippen LogP contribution in [0.15, 0.2) is 24.3 Å². The smallest absolute Gasteiger partial charge is 0.181 e. The fraction of sp³-hybridized carbons (Fsp3) is 0.333. The number of nitrogen functional groups attached to an aromatic ring is 1. The van der Waals surface area contributed by atoms with Gasteiger partial charge in [-0.2, -0.15) is 5.10 Å². The minimum absolute atomic E-state index is 0.755. The highest BCUT2D eigenvalue weighted by molar-refractivity contribution is 5.60. The monoisotopic (exact) mass is 214 g/mol. The normalized spacial score (nSPS) is 14.8. The molecule has 3 rings (SSSR count). The van der Waals surface area contributed by atoms with Crippen LogP contribution in [0.5, 0.6) is 0 Å². The molecule has 1 aliphatic heterocycles. The summed E-state index contributed by atoms with van der Waals surface area (Å²) < 4.78 is 2.02. The molecule has 16 heavy (non-hydrogen) atoms. The van der Waals surface area contributed by atoms with Crippen molar-refractivity contribution in [2.45, 2.75) is 25.8 Å². The molecule has 2 aromatic rings. The lowest BCUT2D eigenvalue weighted by molar-refractivity contribution is 0.480. The third-order valence-corrected chi connectivity index (χ3v) is 2.91. The molecule has 0 amide bonds. The zero-order valence-corrected chi connectivity index (χ0v) is 9.06. The Morgan fingerprint density at radius 2 is 2.19 bits per heavy atom. The molecule has 1 aliphatic rings. The number of rotatable bonds is 1. The van der Waals surface area contributed by atoms with Gasteiger partial charge in [-0.3, -0.25) is 0 Å². The topological polar surface area (TPSA) is 56.7 Å². The average molecular weight is 214 g/mol. The summed E-state index contributed by atoms with van der Waals surface area (Å²) in [5.41, 5.74) is 7.51. The van der Waals surface area contributed by atoms with Crippen molar-refractivity contribution in [2.75, 3.05) is 5.73 Å². The summed E-state index contributed by atoms with van der Waals surface area (Å²) in [5.74, 6) is 1.90. The number of anilines is 1. The molecule has 0 saturated heterocycles. The average Bonchev–Trinajstić information content (AvgIpc) is 2.72. The van der Waals surface area contributed by atoms with Crippen molar-refractivity contribution in [1.29, 1.82) is 0 Å². The number of hydrogen-bond acceptors (Lipinski definition) is 3. The summed E-state index contributed by atoms with van der Waals surface area (Å²) in [5, 5.41) is 4.51. The van der Waals surface area contributed by atoms with E-state index < -0.39 is 0 Å². The van der Waals surface area contributed by atoms with Crippen LogP contribution in [-0.4, -0.2) is 14.8 Å². The number of aryl methyl sites for hydroxylation is 2. The summed E-state index contributed by atoms with van der Waals surface area (Å²) in [6, 6.07) is 7.73.